The standard InChI is InChI=1S/C16H15BrO3/c1-19-10-6-7-15-12(8-10)14(18)9-16(20-15)11-4-2-3-5-13(11)17/h2-8,14,16,18H,9H2,1H3/t14-,16?/m1/s1. The smallest absolute Gasteiger partial charge is 0.128 e. The average Bonchev–Trinajstić information content (AvgIpc) is 2.47. The zero-order valence-corrected chi connectivity index (χ0v) is 12.6. The number of aliphatic hydroxyl groups is 1. The molecule has 20 heavy (non-hydrogen) atoms. The summed E-state index contributed by atoms with van der Waals surface area (Å²) in [4.78, 5) is 0. The van der Waals surface area contributed by atoms with E-state index in [-0.39, 0.29) is 6.10 Å². The summed E-state index contributed by atoms with van der Waals surface area (Å²) >= 11 is 3.53. The molecule has 0 aliphatic carbocycles. The summed E-state index contributed by atoms with van der Waals surface area (Å²) in [5.41, 5.74) is 1.83. The number of ether oxygens (including phenoxy) is 2. The van der Waals surface area contributed by atoms with Gasteiger partial charge in [0.1, 0.15) is 17.6 Å². The van der Waals surface area contributed by atoms with Crippen LogP contribution in [-0.2, 0) is 0 Å². The molecule has 2 atom stereocenters. The monoisotopic (exact) mass is 334 g/mol. The molecule has 3 nitrogen and oxygen atoms in total. The highest BCUT2D eigenvalue weighted by Crippen LogP contribution is 2.43. The number of halogens is 1. The molecule has 2 aromatic rings. The molecular formula is C16H15BrO3. The molecule has 0 fully saturated rings. The van der Waals surface area contributed by atoms with Crippen molar-refractivity contribution in [2.75, 3.05) is 7.11 Å². The molecule has 0 radical (unpaired) electrons. The third-order valence-corrected chi connectivity index (χ3v) is 4.26. The average molecular weight is 335 g/mol. The second-order valence-electron chi connectivity index (χ2n) is 4.78. The van der Waals surface area contributed by atoms with Crippen molar-refractivity contribution in [3.63, 3.8) is 0 Å². The largest absolute Gasteiger partial charge is 0.497 e. The van der Waals surface area contributed by atoms with E-state index < -0.39 is 6.10 Å². The minimum Gasteiger partial charge on any atom is -0.497 e. The third kappa shape index (κ3) is 2.41. The van der Waals surface area contributed by atoms with E-state index in [0.717, 1.165) is 21.3 Å². The Kier molecular flexibility index (Phi) is 3.68. The normalized spacial score (nSPS) is 20.9. The number of benzene rings is 2. The lowest BCUT2D eigenvalue weighted by Crippen LogP contribution is -2.19. The number of aliphatic hydroxyl groups excluding tert-OH is 1. The summed E-state index contributed by atoms with van der Waals surface area (Å²) in [6, 6.07) is 13.4. The molecule has 0 saturated heterocycles. The predicted molar refractivity (Wildman–Crippen MR) is 80.1 cm³/mol. The van der Waals surface area contributed by atoms with Gasteiger partial charge in [0.05, 0.1) is 13.2 Å². The van der Waals surface area contributed by atoms with E-state index in [1.807, 2.05) is 42.5 Å². The SMILES string of the molecule is COc1ccc2c(c1)[C@H](O)CC(c1ccccc1Br)O2. The van der Waals surface area contributed by atoms with Crippen molar-refractivity contribution in [1.29, 1.82) is 0 Å². The molecule has 1 heterocycles. The highest BCUT2D eigenvalue weighted by molar-refractivity contribution is 9.10. The third-order valence-electron chi connectivity index (χ3n) is 3.53. The molecule has 0 amide bonds. The number of hydrogen-bond acceptors (Lipinski definition) is 3. The van der Waals surface area contributed by atoms with Gasteiger partial charge in [0.2, 0.25) is 0 Å². The number of methoxy groups -OCH3 is 1. The fourth-order valence-electron chi connectivity index (χ4n) is 2.48. The highest BCUT2D eigenvalue weighted by atomic mass is 79.9. The Labute approximate surface area is 126 Å². The van der Waals surface area contributed by atoms with Gasteiger partial charge in [-0.25, -0.2) is 0 Å². The fraction of sp³-hybridized carbons (Fsp3) is 0.250. The maximum absolute atomic E-state index is 10.4. The second kappa shape index (κ2) is 5.46. The molecule has 1 unspecified atom stereocenters. The van der Waals surface area contributed by atoms with Crippen LogP contribution in [-0.4, -0.2) is 12.2 Å². The van der Waals surface area contributed by atoms with Crippen molar-refractivity contribution in [3.8, 4) is 11.5 Å². The van der Waals surface area contributed by atoms with Crippen molar-refractivity contribution < 1.29 is 14.6 Å². The van der Waals surface area contributed by atoms with E-state index in [1.165, 1.54) is 0 Å². The van der Waals surface area contributed by atoms with Gasteiger partial charge in [-0.05, 0) is 24.3 Å². The number of hydrogen-bond donors (Lipinski definition) is 1. The van der Waals surface area contributed by atoms with E-state index in [9.17, 15) is 5.11 Å². The molecule has 1 aliphatic rings. The fourth-order valence-corrected chi connectivity index (χ4v) is 3.02. The van der Waals surface area contributed by atoms with E-state index in [2.05, 4.69) is 15.9 Å². The summed E-state index contributed by atoms with van der Waals surface area (Å²) < 4.78 is 12.2. The Morgan fingerprint density at radius 3 is 2.75 bits per heavy atom. The van der Waals surface area contributed by atoms with Gasteiger partial charge in [-0.2, -0.15) is 0 Å². The van der Waals surface area contributed by atoms with Gasteiger partial charge < -0.3 is 14.6 Å². The van der Waals surface area contributed by atoms with Crippen LogP contribution in [0.25, 0.3) is 0 Å². The summed E-state index contributed by atoms with van der Waals surface area (Å²) in [5, 5.41) is 10.4. The van der Waals surface area contributed by atoms with E-state index in [1.54, 1.807) is 7.11 Å². The van der Waals surface area contributed by atoms with Crippen molar-refractivity contribution >= 4 is 15.9 Å². The maximum Gasteiger partial charge on any atom is 0.128 e. The Balaban J connectivity index is 1.95. The highest BCUT2D eigenvalue weighted by Gasteiger charge is 2.29. The van der Waals surface area contributed by atoms with Crippen molar-refractivity contribution in [3.05, 3.63) is 58.1 Å². The van der Waals surface area contributed by atoms with Crippen LogP contribution in [0, 0.1) is 0 Å². The maximum atomic E-state index is 10.4. The number of fused-ring (bicyclic) bond motifs is 1. The molecule has 0 saturated carbocycles. The minimum atomic E-state index is -0.550. The van der Waals surface area contributed by atoms with Crippen LogP contribution in [0.1, 0.15) is 29.8 Å². The van der Waals surface area contributed by atoms with E-state index in [4.69, 9.17) is 9.47 Å². The topological polar surface area (TPSA) is 38.7 Å². The minimum absolute atomic E-state index is 0.151. The lowest BCUT2D eigenvalue weighted by atomic mass is 9.95. The van der Waals surface area contributed by atoms with Crippen LogP contribution in [0.4, 0.5) is 0 Å². The number of rotatable bonds is 2. The Hall–Kier alpha value is -1.52. The lowest BCUT2D eigenvalue weighted by molar-refractivity contribution is 0.0651. The first kappa shape index (κ1) is 13.5. The molecule has 0 bridgehead atoms. The lowest BCUT2D eigenvalue weighted by Gasteiger charge is -2.30. The van der Waals surface area contributed by atoms with E-state index in [0.29, 0.717) is 12.2 Å². The van der Waals surface area contributed by atoms with Gasteiger partial charge in [-0.1, -0.05) is 34.1 Å². The zero-order valence-electron chi connectivity index (χ0n) is 11.0. The predicted octanol–water partition coefficient (Wildman–Crippen LogP) is 4.01. The molecule has 3 rings (SSSR count). The molecule has 0 aromatic heterocycles. The first-order valence-corrected chi connectivity index (χ1v) is 7.25. The van der Waals surface area contributed by atoms with Crippen molar-refractivity contribution in [2.45, 2.75) is 18.6 Å². The van der Waals surface area contributed by atoms with Gasteiger partial charge in [0.15, 0.2) is 0 Å². The van der Waals surface area contributed by atoms with Gasteiger partial charge in [-0.15, -0.1) is 0 Å². The summed E-state index contributed by atoms with van der Waals surface area (Å²) in [5.74, 6) is 1.44. The van der Waals surface area contributed by atoms with Gasteiger partial charge in [-0.3, -0.25) is 0 Å². The Bertz CT molecular complexity index is 627. The van der Waals surface area contributed by atoms with Crippen LogP contribution in [0.15, 0.2) is 46.9 Å². The first-order valence-electron chi connectivity index (χ1n) is 6.46. The second-order valence-corrected chi connectivity index (χ2v) is 5.64. The molecule has 1 N–H and O–H groups in total. The molecule has 4 heteroatoms. The van der Waals surface area contributed by atoms with Crippen LogP contribution >= 0.6 is 15.9 Å². The first-order chi connectivity index (χ1) is 9.69. The summed E-state index contributed by atoms with van der Waals surface area (Å²) in [6.45, 7) is 0. The zero-order chi connectivity index (χ0) is 14.1. The molecule has 104 valence electrons. The molecule has 2 aromatic carbocycles. The van der Waals surface area contributed by atoms with Crippen LogP contribution < -0.4 is 9.47 Å². The van der Waals surface area contributed by atoms with Gasteiger partial charge in [0.25, 0.3) is 0 Å². The van der Waals surface area contributed by atoms with Gasteiger partial charge in [0, 0.05) is 22.0 Å². The van der Waals surface area contributed by atoms with Crippen LogP contribution in [0.5, 0.6) is 11.5 Å². The summed E-state index contributed by atoms with van der Waals surface area (Å²) in [6.07, 6.45) is -0.171. The van der Waals surface area contributed by atoms with Crippen molar-refractivity contribution in [2.24, 2.45) is 0 Å². The van der Waals surface area contributed by atoms with Crippen LogP contribution in [0.2, 0.25) is 0 Å². The molecule has 0 spiro atoms. The Morgan fingerprint density at radius 1 is 1.20 bits per heavy atom. The van der Waals surface area contributed by atoms with Crippen LogP contribution in [0.3, 0.4) is 0 Å². The van der Waals surface area contributed by atoms with Crippen molar-refractivity contribution in [1.82, 2.24) is 0 Å². The quantitative estimate of drug-likeness (QED) is 0.901. The van der Waals surface area contributed by atoms with Gasteiger partial charge >= 0.3 is 0 Å². The Morgan fingerprint density at radius 2 is 2.00 bits per heavy atom. The summed E-state index contributed by atoms with van der Waals surface area (Å²) in [7, 11) is 1.61. The molecular weight excluding hydrogens is 320 g/mol. The molecule has 1 aliphatic heterocycles. The van der Waals surface area contributed by atoms with E-state index >= 15 is 0 Å².